The number of ketones is 1. The van der Waals surface area contributed by atoms with Crippen molar-refractivity contribution in [3.05, 3.63) is 60.0 Å². The molecule has 1 atom stereocenters. The monoisotopic (exact) mass is 309 g/mol. The molecule has 2 heterocycles. The summed E-state index contributed by atoms with van der Waals surface area (Å²) in [5.74, 6) is -0.247. The Labute approximate surface area is 134 Å². The molecule has 0 saturated carbocycles. The molecule has 1 N–H and O–H groups in total. The van der Waals surface area contributed by atoms with Crippen molar-refractivity contribution in [3.8, 4) is 0 Å². The molecule has 0 fully saturated rings. The number of carbonyl (C=O) groups excluding carboxylic acids is 1. The van der Waals surface area contributed by atoms with Crippen LogP contribution in [0.4, 0.5) is 0 Å². The number of para-hydroxylation sites is 1. The number of carbonyl (C=O) groups is 1. The van der Waals surface area contributed by atoms with Crippen molar-refractivity contribution in [3.63, 3.8) is 0 Å². The molecule has 0 saturated heterocycles. The molecule has 3 rings (SSSR count). The number of hydrogen-bond acceptors (Lipinski definition) is 4. The van der Waals surface area contributed by atoms with Gasteiger partial charge in [-0.3, -0.25) is 14.5 Å². The molecule has 0 radical (unpaired) electrons. The Morgan fingerprint density at radius 2 is 2.00 bits per heavy atom. The van der Waals surface area contributed by atoms with Gasteiger partial charge in [-0.25, -0.2) is 0 Å². The standard InChI is InChI=1S/C18H19N3O2/c1-13-7-8-14(10-19-13)9-17(22)18(2,23)12-21-16-6-4-3-5-15(16)11-20-21/h3-8,10-11,23H,9,12H2,1-2H3/t18-/m0/s1. The van der Waals surface area contributed by atoms with Gasteiger partial charge in [-0.15, -0.1) is 0 Å². The zero-order valence-corrected chi connectivity index (χ0v) is 13.2. The fourth-order valence-corrected chi connectivity index (χ4v) is 2.51. The fourth-order valence-electron chi connectivity index (χ4n) is 2.51. The third-order valence-corrected chi connectivity index (χ3v) is 3.95. The summed E-state index contributed by atoms with van der Waals surface area (Å²) in [6, 6.07) is 11.4. The first-order valence-corrected chi connectivity index (χ1v) is 7.53. The average Bonchev–Trinajstić information content (AvgIpc) is 2.92. The van der Waals surface area contributed by atoms with Gasteiger partial charge in [0.25, 0.3) is 0 Å². The number of fused-ring (bicyclic) bond motifs is 1. The molecule has 0 aliphatic carbocycles. The third-order valence-electron chi connectivity index (χ3n) is 3.95. The number of aromatic nitrogens is 3. The fraction of sp³-hybridized carbons (Fsp3) is 0.278. The maximum absolute atomic E-state index is 12.5. The number of rotatable bonds is 5. The van der Waals surface area contributed by atoms with E-state index in [0.29, 0.717) is 0 Å². The number of nitrogens with zero attached hydrogens (tertiary/aromatic N) is 3. The first-order valence-electron chi connectivity index (χ1n) is 7.53. The Morgan fingerprint density at radius 1 is 1.22 bits per heavy atom. The predicted molar refractivity (Wildman–Crippen MR) is 88.0 cm³/mol. The van der Waals surface area contributed by atoms with Crippen LogP contribution in [0.15, 0.2) is 48.8 Å². The summed E-state index contributed by atoms with van der Waals surface area (Å²) in [4.78, 5) is 16.6. The van der Waals surface area contributed by atoms with Crippen LogP contribution in [0.5, 0.6) is 0 Å². The number of aryl methyl sites for hydroxylation is 1. The number of pyridine rings is 1. The summed E-state index contributed by atoms with van der Waals surface area (Å²) in [6.45, 7) is 3.55. The van der Waals surface area contributed by atoms with Crippen LogP contribution in [0.1, 0.15) is 18.2 Å². The molecule has 118 valence electrons. The van der Waals surface area contributed by atoms with Crippen LogP contribution >= 0.6 is 0 Å². The summed E-state index contributed by atoms with van der Waals surface area (Å²) >= 11 is 0. The molecule has 0 amide bonds. The van der Waals surface area contributed by atoms with Crippen LogP contribution in [0.3, 0.4) is 0 Å². The van der Waals surface area contributed by atoms with Crippen molar-refractivity contribution in [2.45, 2.75) is 32.4 Å². The highest BCUT2D eigenvalue weighted by atomic mass is 16.3. The number of aliphatic hydroxyl groups is 1. The Balaban J connectivity index is 1.77. The molecule has 5 heteroatoms. The van der Waals surface area contributed by atoms with Crippen LogP contribution in [0.2, 0.25) is 0 Å². The van der Waals surface area contributed by atoms with E-state index in [1.54, 1.807) is 17.1 Å². The quantitative estimate of drug-likeness (QED) is 0.785. The van der Waals surface area contributed by atoms with Crippen LogP contribution in [-0.4, -0.2) is 31.3 Å². The van der Waals surface area contributed by atoms with Gasteiger partial charge >= 0.3 is 0 Å². The molecule has 0 aliphatic rings. The van der Waals surface area contributed by atoms with Gasteiger partial charge in [0.15, 0.2) is 5.78 Å². The number of benzene rings is 1. The van der Waals surface area contributed by atoms with E-state index in [9.17, 15) is 9.90 Å². The molecule has 23 heavy (non-hydrogen) atoms. The Morgan fingerprint density at radius 3 is 2.74 bits per heavy atom. The van der Waals surface area contributed by atoms with Crippen LogP contribution in [-0.2, 0) is 17.8 Å². The van der Waals surface area contributed by atoms with Crippen molar-refractivity contribution in [2.75, 3.05) is 0 Å². The SMILES string of the molecule is Cc1ccc(CC(=O)[C@@](C)(O)Cn2ncc3ccccc32)cn1. The van der Waals surface area contributed by atoms with Crippen molar-refractivity contribution < 1.29 is 9.90 Å². The zero-order chi connectivity index (χ0) is 16.4. The average molecular weight is 309 g/mol. The second kappa shape index (κ2) is 5.93. The van der Waals surface area contributed by atoms with Crippen molar-refractivity contribution >= 4 is 16.7 Å². The van der Waals surface area contributed by atoms with E-state index >= 15 is 0 Å². The lowest BCUT2D eigenvalue weighted by Crippen LogP contribution is -2.41. The largest absolute Gasteiger partial charge is 0.380 e. The minimum Gasteiger partial charge on any atom is -0.380 e. The normalized spacial score (nSPS) is 13.9. The van der Waals surface area contributed by atoms with E-state index in [0.717, 1.165) is 22.2 Å². The molecule has 2 aromatic heterocycles. The highest BCUT2D eigenvalue weighted by Crippen LogP contribution is 2.18. The van der Waals surface area contributed by atoms with Gasteiger partial charge in [0, 0.05) is 23.7 Å². The van der Waals surface area contributed by atoms with Gasteiger partial charge in [-0.2, -0.15) is 5.10 Å². The number of Topliss-reactive ketones (excluding diaryl/α,β-unsaturated/α-hetero) is 1. The van der Waals surface area contributed by atoms with Gasteiger partial charge in [0.1, 0.15) is 5.60 Å². The molecule has 3 aromatic rings. The van der Waals surface area contributed by atoms with Crippen molar-refractivity contribution in [2.24, 2.45) is 0 Å². The molecular formula is C18H19N3O2. The molecule has 1 aromatic carbocycles. The second-order valence-corrected chi connectivity index (χ2v) is 6.04. The lowest BCUT2D eigenvalue weighted by Gasteiger charge is -2.22. The summed E-state index contributed by atoms with van der Waals surface area (Å²) in [5, 5.41) is 15.9. The maximum atomic E-state index is 12.5. The third kappa shape index (κ3) is 3.29. The molecule has 5 nitrogen and oxygen atoms in total. The summed E-state index contributed by atoms with van der Waals surface area (Å²) in [5.41, 5.74) is 1.11. The lowest BCUT2D eigenvalue weighted by molar-refractivity contribution is -0.136. The first kappa shape index (κ1) is 15.4. The smallest absolute Gasteiger partial charge is 0.170 e. The van der Waals surface area contributed by atoms with Gasteiger partial charge in [0.2, 0.25) is 0 Å². The highest BCUT2D eigenvalue weighted by molar-refractivity contribution is 5.88. The van der Waals surface area contributed by atoms with Gasteiger partial charge in [0.05, 0.1) is 18.3 Å². The second-order valence-electron chi connectivity index (χ2n) is 6.04. The molecule has 0 spiro atoms. The van der Waals surface area contributed by atoms with Crippen LogP contribution < -0.4 is 0 Å². The van der Waals surface area contributed by atoms with Gasteiger partial charge in [-0.05, 0) is 31.5 Å². The first-order chi connectivity index (χ1) is 11.0. The molecular weight excluding hydrogens is 290 g/mol. The van der Waals surface area contributed by atoms with Crippen LogP contribution in [0.25, 0.3) is 10.9 Å². The summed E-state index contributed by atoms with van der Waals surface area (Å²) in [6.07, 6.45) is 3.56. The highest BCUT2D eigenvalue weighted by Gasteiger charge is 2.31. The van der Waals surface area contributed by atoms with Gasteiger partial charge < -0.3 is 5.11 Å². The molecule has 0 bridgehead atoms. The van der Waals surface area contributed by atoms with Crippen LogP contribution in [0, 0.1) is 6.92 Å². The number of hydrogen-bond donors (Lipinski definition) is 1. The van der Waals surface area contributed by atoms with E-state index in [1.807, 2.05) is 43.3 Å². The van der Waals surface area contributed by atoms with Crippen molar-refractivity contribution in [1.82, 2.24) is 14.8 Å². The molecule has 0 unspecified atom stereocenters. The molecule has 0 aliphatic heterocycles. The van der Waals surface area contributed by atoms with E-state index < -0.39 is 5.60 Å². The van der Waals surface area contributed by atoms with E-state index in [1.165, 1.54) is 6.92 Å². The Hall–Kier alpha value is -2.53. The zero-order valence-electron chi connectivity index (χ0n) is 13.2. The summed E-state index contributed by atoms with van der Waals surface area (Å²) in [7, 11) is 0. The predicted octanol–water partition coefficient (Wildman–Crippen LogP) is 2.30. The Bertz CT molecular complexity index is 835. The topological polar surface area (TPSA) is 68.0 Å². The minimum absolute atomic E-state index is 0.124. The van der Waals surface area contributed by atoms with Crippen molar-refractivity contribution in [1.29, 1.82) is 0 Å². The van der Waals surface area contributed by atoms with E-state index in [-0.39, 0.29) is 18.7 Å². The van der Waals surface area contributed by atoms with Gasteiger partial charge in [-0.1, -0.05) is 24.3 Å². The van der Waals surface area contributed by atoms with E-state index in [4.69, 9.17) is 0 Å². The summed E-state index contributed by atoms with van der Waals surface area (Å²) < 4.78 is 1.67. The van der Waals surface area contributed by atoms with E-state index in [2.05, 4.69) is 10.1 Å². The minimum atomic E-state index is -1.49. The maximum Gasteiger partial charge on any atom is 0.170 e. The lowest BCUT2D eigenvalue weighted by atomic mass is 9.95. The Kier molecular flexibility index (Phi) is 3.96.